The summed E-state index contributed by atoms with van der Waals surface area (Å²) in [4.78, 5) is 4.91. The van der Waals surface area contributed by atoms with Gasteiger partial charge < -0.3 is 15.4 Å². The summed E-state index contributed by atoms with van der Waals surface area (Å²) in [5, 5.41) is 7.34. The number of piperazine rings is 1. The van der Waals surface area contributed by atoms with Crippen LogP contribution in [-0.4, -0.2) is 61.5 Å². The molecule has 20 heavy (non-hydrogen) atoms. The largest absolute Gasteiger partial charge is 0.492 e. The fourth-order valence-electron chi connectivity index (χ4n) is 2.35. The Labute approximate surface area is 120 Å². The van der Waals surface area contributed by atoms with Crippen LogP contribution in [0.15, 0.2) is 24.3 Å². The number of ether oxygens (including phenoxy) is 1. The summed E-state index contributed by atoms with van der Waals surface area (Å²) in [6.07, 6.45) is 0. The van der Waals surface area contributed by atoms with Crippen LogP contribution < -0.4 is 10.5 Å². The van der Waals surface area contributed by atoms with Crippen LogP contribution in [0.3, 0.4) is 0 Å². The zero-order chi connectivity index (χ0) is 14.4. The molecule has 0 aliphatic carbocycles. The van der Waals surface area contributed by atoms with E-state index in [9.17, 15) is 0 Å². The molecule has 1 aromatic carbocycles. The fraction of sp³-hybridized carbons (Fsp3) is 0.533. The monoisotopic (exact) mass is 276 g/mol. The molecule has 3 N–H and O–H groups in total. The predicted octanol–water partition coefficient (Wildman–Crippen LogP) is 0.987. The topological polar surface area (TPSA) is 65.6 Å². The van der Waals surface area contributed by atoms with Gasteiger partial charge in [0.05, 0.1) is 0 Å². The highest BCUT2D eigenvalue weighted by atomic mass is 16.5. The molecule has 0 radical (unpaired) electrons. The smallest absolute Gasteiger partial charge is 0.122 e. The molecular weight excluding hydrogens is 252 g/mol. The van der Waals surface area contributed by atoms with Gasteiger partial charge in [-0.1, -0.05) is 6.92 Å². The number of likely N-dealkylation sites (N-methyl/N-ethyl adjacent to an activating group) is 1. The summed E-state index contributed by atoms with van der Waals surface area (Å²) in [7, 11) is 0. The fourth-order valence-corrected chi connectivity index (χ4v) is 2.35. The van der Waals surface area contributed by atoms with E-state index in [0.29, 0.717) is 6.61 Å². The Morgan fingerprint density at radius 1 is 1.15 bits per heavy atom. The average molecular weight is 276 g/mol. The van der Waals surface area contributed by atoms with Crippen LogP contribution in [0, 0.1) is 5.41 Å². The SMILES string of the molecule is CCN1CCN(CCOc2ccc(C(=N)N)cc2)CC1. The molecule has 1 heterocycles. The van der Waals surface area contributed by atoms with Crippen molar-refractivity contribution in [1.29, 1.82) is 5.41 Å². The number of nitrogens with two attached hydrogens (primary N) is 1. The maximum atomic E-state index is 7.34. The maximum Gasteiger partial charge on any atom is 0.122 e. The van der Waals surface area contributed by atoms with E-state index in [1.54, 1.807) is 0 Å². The molecule has 2 rings (SSSR count). The highest BCUT2D eigenvalue weighted by Gasteiger charge is 2.14. The number of amidine groups is 1. The Morgan fingerprint density at radius 3 is 2.30 bits per heavy atom. The van der Waals surface area contributed by atoms with Crippen LogP contribution >= 0.6 is 0 Å². The van der Waals surface area contributed by atoms with Crippen molar-refractivity contribution < 1.29 is 4.74 Å². The van der Waals surface area contributed by atoms with Crippen LogP contribution in [0.2, 0.25) is 0 Å². The van der Waals surface area contributed by atoms with Crippen molar-refractivity contribution in [3.05, 3.63) is 29.8 Å². The Bertz CT molecular complexity index is 424. The molecule has 0 amide bonds. The molecule has 1 fully saturated rings. The molecule has 0 bridgehead atoms. The molecule has 1 aliphatic heterocycles. The molecule has 0 atom stereocenters. The van der Waals surface area contributed by atoms with E-state index >= 15 is 0 Å². The molecular formula is C15H24N4O. The van der Waals surface area contributed by atoms with Crippen molar-refractivity contribution in [3.8, 4) is 5.75 Å². The predicted molar refractivity (Wildman–Crippen MR) is 81.5 cm³/mol. The van der Waals surface area contributed by atoms with Crippen LogP contribution in [-0.2, 0) is 0 Å². The van der Waals surface area contributed by atoms with E-state index in [-0.39, 0.29) is 5.84 Å². The summed E-state index contributed by atoms with van der Waals surface area (Å²) < 4.78 is 5.73. The normalized spacial score (nSPS) is 17.1. The summed E-state index contributed by atoms with van der Waals surface area (Å²) in [5.41, 5.74) is 6.15. The zero-order valence-corrected chi connectivity index (χ0v) is 12.1. The number of nitrogen functional groups attached to an aromatic ring is 1. The van der Waals surface area contributed by atoms with E-state index in [0.717, 1.165) is 50.6 Å². The number of nitrogens with zero attached hydrogens (tertiary/aromatic N) is 2. The highest BCUT2D eigenvalue weighted by molar-refractivity contribution is 5.94. The summed E-state index contributed by atoms with van der Waals surface area (Å²) in [6, 6.07) is 7.37. The first-order chi connectivity index (χ1) is 9.69. The van der Waals surface area contributed by atoms with Gasteiger partial charge in [-0.15, -0.1) is 0 Å². The lowest BCUT2D eigenvalue weighted by molar-refractivity contribution is 0.121. The van der Waals surface area contributed by atoms with Crippen LogP contribution in [0.1, 0.15) is 12.5 Å². The van der Waals surface area contributed by atoms with Gasteiger partial charge in [0, 0.05) is 38.3 Å². The molecule has 0 unspecified atom stereocenters. The van der Waals surface area contributed by atoms with Crippen molar-refractivity contribution in [1.82, 2.24) is 9.80 Å². The number of hydrogen-bond acceptors (Lipinski definition) is 4. The van der Waals surface area contributed by atoms with Gasteiger partial charge in [-0.05, 0) is 30.8 Å². The average Bonchev–Trinajstić information content (AvgIpc) is 2.48. The first kappa shape index (κ1) is 14.8. The molecule has 110 valence electrons. The third kappa shape index (κ3) is 4.21. The quantitative estimate of drug-likeness (QED) is 0.600. The van der Waals surface area contributed by atoms with Crippen LogP contribution in [0.25, 0.3) is 0 Å². The minimum absolute atomic E-state index is 0.0883. The van der Waals surface area contributed by atoms with Crippen molar-refractivity contribution >= 4 is 5.84 Å². The van der Waals surface area contributed by atoms with Crippen molar-refractivity contribution in [3.63, 3.8) is 0 Å². The third-order valence-corrected chi connectivity index (χ3v) is 3.75. The van der Waals surface area contributed by atoms with Crippen LogP contribution in [0.5, 0.6) is 5.75 Å². The van der Waals surface area contributed by atoms with Gasteiger partial charge in [0.15, 0.2) is 0 Å². The Morgan fingerprint density at radius 2 is 1.75 bits per heavy atom. The Balaban J connectivity index is 1.69. The minimum Gasteiger partial charge on any atom is -0.492 e. The summed E-state index contributed by atoms with van der Waals surface area (Å²) in [6.45, 7) is 9.59. The van der Waals surface area contributed by atoms with E-state index in [2.05, 4.69) is 16.7 Å². The summed E-state index contributed by atoms with van der Waals surface area (Å²) >= 11 is 0. The van der Waals surface area contributed by atoms with E-state index in [4.69, 9.17) is 15.9 Å². The lowest BCUT2D eigenvalue weighted by atomic mass is 10.2. The zero-order valence-electron chi connectivity index (χ0n) is 12.1. The van der Waals surface area contributed by atoms with Gasteiger partial charge >= 0.3 is 0 Å². The number of rotatable bonds is 6. The van der Waals surface area contributed by atoms with Crippen LogP contribution in [0.4, 0.5) is 0 Å². The van der Waals surface area contributed by atoms with Gasteiger partial charge in [0.1, 0.15) is 18.2 Å². The summed E-state index contributed by atoms with van der Waals surface area (Å²) in [5.74, 6) is 0.924. The lowest BCUT2D eigenvalue weighted by Gasteiger charge is -2.33. The number of benzene rings is 1. The Hall–Kier alpha value is -1.59. The molecule has 1 aromatic rings. The first-order valence-corrected chi connectivity index (χ1v) is 7.21. The second-order valence-electron chi connectivity index (χ2n) is 5.06. The molecule has 0 spiro atoms. The highest BCUT2D eigenvalue weighted by Crippen LogP contribution is 2.12. The third-order valence-electron chi connectivity index (χ3n) is 3.75. The maximum absolute atomic E-state index is 7.34. The molecule has 0 aromatic heterocycles. The molecule has 5 nitrogen and oxygen atoms in total. The van der Waals surface area contributed by atoms with E-state index in [1.807, 2.05) is 24.3 Å². The lowest BCUT2D eigenvalue weighted by Crippen LogP contribution is -2.47. The molecule has 1 saturated heterocycles. The molecule has 5 heteroatoms. The first-order valence-electron chi connectivity index (χ1n) is 7.21. The Kier molecular flexibility index (Phi) is 5.38. The van der Waals surface area contributed by atoms with Gasteiger partial charge in [0.25, 0.3) is 0 Å². The van der Waals surface area contributed by atoms with E-state index < -0.39 is 0 Å². The molecule has 1 aliphatic rings. The second kappa shape index (κ2) is 7.26. The van der Waals surface area contributed by atoms with Crippen molar-refractivity contribution in [2.24, 2.45) is 5.73 Å². The number of nitrogens with one attached hydrogen (secondary N) is 1. The minimum atomic E-state index is 0.0883. The van der Waals surface area contributed by atoms with Gasteiger partial charge in [-0.2, -0.15) is 0 Å². The van der Waals surface area contributed by atoms with Crippen molar-refractivity contribution in [2.45, 2.75) is 6.92 Å². The van der Waals surface area contributed by atoms with Gasteiger partial charge in [-0.25, -0.2) is 0 Å². The van der Waals surface area contributed by atoms with Crippen molar-refractivity contribution in [2.75, 3.05) is 45.9 Å². The van der Waals surface area contributed by atoms with E-state index in [1.165, 1.54) is 0 Å². The van der Waals surface area contributed by atoms with Gasteiger partial charge in [0.2, 0.25) is 0 Å². The standard InChI is InChI=1S/C15H24N4O/c1-2-18-7-9-19(10-8-18)11-12-20-14-5-3-13(4-6-14)15(16)17/h3-6H,2,7-12H2,1H3,(H3,16,17). The number of hydrogen-bond donors (Lipinski definition) is 2. The molecule has 0 saturated carbocycles. The van der Waals surface area contributed by atoms with Gasteiger partial charge in [-0.3, -0.25) is 10.3 Å². The second-order valence-corrected chi connectivity index (χ2v) is 5.06.